The molecule has 0 atom stereocenters. The highest BCUT2D eigenvalue weighted by atomic mass is 14.2. The van der Waals surface area contributed by atoms with E-state index in [4.69, 9.17) is 0 Å². The molecule has 2 aliphatic rings. The van der Waals surface area contributed by atoms with E-state index in [1.54, 1.807) is 0 Å². The third-order valence-corrected chi connectivity index (χ3v) is 4.20. The van der Waals surface area contributed by atoms with E-state index >= 15 is 0 Å². The molecule has 0 aliphatic heterocycles. The lowest BCUT2D eigenvalue weighted by Gasteiger charge is -2.01. The fourth-order valence-corrected chi connectivity index (χ4v) is 3.06. The molecule has 0 spiro atoms. The van der Waals surface area contributed by atoms with Crippen molar-refractivity contribution in [2.45, 2.75) is 6.92 Å². The van der Waals surface area contributed by atoms with Crippen molar-refractivity contribution >= 4 is 5.57 Å². The van der Waals surface area contributed by atoms with Gasteiger partial charge < -0.3 is 0 Å². The molecule has 2 aliphatic carbocycles. The van der Waals surface area contributed by atoms with Gasteiger partial charge in [-0.15, -0.1) is 5.73 Å². The van der Waals surface area contributed by atoms with E-state index in [0.29, 0.717) is 0 Å². The molecule has 0 unspecified atom stereocenters. The minimum absolute atomic E-state index is 1.14. The lowest BCUT2D eigenvalue weighted by molar-refractivity contribution is 1.44. The second-order valence-corrected chi connectivity index (χ2v) is 5.60. The minimum atomic E-state index is 1.14. The Morgan fingerprint density at radius 2 is 1.27 bits per heavy atom. The fraction of sp³-hybridized carbons (Fsp3) is 0.0455. The summed E-state index contributed by atoms with van der Waals surface area (Å²) in [6.45, 7) is 2.13. The minimum Gasteiger partial charge on any atom is -0.103 e. The molecule has 0 saturated carbocycles. The summed E-state index contributed by atoms with van der Waals surface area (Å²) < 4.78 is 0. The van der Waals surface area contributed by atoms with Crippen LogP contribution in [0, 0.1) is 0 Å². The summed E-state index contributed by atoms with van der Waals surface area (Å²) in [4.78, 5) is 0. The normalized spacial score (nSPS) is 15.0. The van der Waals surface area contributed by atoms with Crippen molar-refractivity contribution in [2.24, 2.45) is 0 Å². The number of benzene rings is 2. The Bertz CT molecular complexity index is 863. The summed E-state index contributed by atoms with van der Waals surface area (Å²) in [6.07, 6.45) is 10.5. The molecule has 2 aromatic carbocycles. The largest absolute Gasteiger partial charge is 0.103 e. The number of allylic oxidation sites excluding steroid dienone is 7. The number of fused-ring (bicyclic) bond motifs is 3. The van der Waals surface area contributed by atoms with Gasteiger partial charge in [0.25, 0.3) is 0 Å². The van der Waals surface area contributed by atoms with Gasteiger partial charge in [0.1, 0.15) is 0 Å². The second-order valence-electron chi connectivity index (χ2n) is 5.60. The van der Waals surface area contributed by atoms with Crippen LogP contribution in [0.2, 0.25) is 0 Å². The van der Waals surface area contributed by atoms with E-state index in [9.17, 15) is 0 Å². The van der Waals surface area contributed by atoms with Crippen molar-refractivity contribution in [3.8, 4) is 11.1 Å². The summed E-state index contributed by atoms with van der Waals surface area (Å²) in [6, 6.07) is 17.2. The maximum atomic E-state index is 3.66. The first-order valence-corrected chi connectivity index (χ1v) is 7.57. The number of hydrogen-bond acceptors (Lipinski definition) is 0. The quantitative estimate of drug-likeness (QED) is 0.464. The first kappa shape index (κ1) is 12.9. The van der Waals surface area contributed by atoms with Crippen LogP contribution in [-0.4, -0.2) is 0 Å². The van der Waals surface area contributed by atoms with Crippen LogP contribution in [-0.2, 0) is 0 Å². The predicted octanol–water partition coefficient (Wildman–Crippen LogP) is 5.70. The first-order chi connectivity index (χ1) is 10.8. The Morgan fingerprint density at radius 3 is 1.91 bits per heavy atom. The van der Waals surface area contributed by atoms with Crippen molar-refractivity contribution in [3.63, 3.8) is 0 Å². The average Bonchev–Trinajstić information content (AvgIpc) is 2.72. The monoisotopic (exact) mass is 280 g/mol. The van der Waals surface area contributed by atoms with Crippen LogP contribution in [0.3, 0.4) is 0 Å². The third-order valence-electron chi connectivity index (χ3n) is 4.20. The van der Waals surface area contributed by atoms with Gasteiger partial charge in [0.2, 0.25) is 0 Å². The van der Waals surface area contributed by atoms with E-state index in [2.05, 4.69) is 91.6 Å². The van der Waals surface area contributed by atoms with Gasteiger partial charge in [-0.1, -0.05) is 72.8 Å². The molecule has 0 radical (unpaired) electrons. The molecule has 4 rings (SSSR count). The van der Waals surface area contributed by atoms with Crippen LogP contribution in [0.25, 0.3) is 16.7 Å². The third kappa shape index (κ3) is 2.02. The van der Waals surface area contributed by atoms with E-state index in [1.165, 1.54) is 33.4 Å². The molecule has 2 aromatic rings. The summed E-state index contributed by atoms with van der Waals surface area (Å²) in [5.41, 5.74) is 12.4. The van der Waals surface area contributed by atoms with Gasteiger partial charge in [-0.05, 0) is 40.8 Å². The van der Waals surface area contributed by atoms with Gasteiger partial charge in [0.15, 0.2) is 0 Å². The number of rotatable bonds is 0. The van der Waals surface area contributed by atoms with Crippen LogP contribution in [0.4, 0.5) is 0 Å². The standard InChI is InChI=1S/C22H16/c1-16-9-3-2-4-10-17(16)15-22-20-13-7-5-11-18(20)19-12-6-8-14-21(19)22/h2-14H,1H3. The molecular weight excluding hydrogens is 264 g/mol. The Labute approximate surface area is 131 Å². The lowest BCUT2D eigenvalue weighted by Crippen LogP contribution is -1.82. The smallest absolute Gasteiger partial charge is 0.0328 e. The van der Waals surface area contributed by atoms with E-state index in [0.717, 1.165) is 5.57 Å². The SMILES string of the molecule is CC1=CC=CC=CC1=C=C1c2ccccc2-c2ccccc21. The second kappa shape index (κ2) is 5.18. The molecule has 0 aromatic heterocycles. The topological polar surface area (TPSA) is 0 Å². The number of hydrogen-bond donors (Lipinski definition) is 0. The van der Waals surface area contributed by atoms with Gasteiger partial charge >= 0.3 is 0 Å². The van der Waals surface area contributed by atoms with Crippen LogP contribution < -0.4 is 0 Å². The van der Waals surface area contributed by atoms with E-state index < -0.39 is 0 Å². The lowest BCUT2D eigenvalue weighted by atomic mass is 10.0. The Hall–Kier alpha value is -2.82. The Kier molecular flexibility index (Phi) is 3.04. The van der Waals surface area contributed by atoms with Gasteiger partial charge in [-0.3, -0.25) is 0 Å². The molecule has 0 amide bonds. The van der Waals surface area contributed by atoms with Crippen LogP contribution >= 0.6 is 0 Å². The molecule has 0 heterocycles. The van der Waals surface area contributed by atoms with Crippen LogP contribution in [0.15, 0.2) is 95.8 Å². The molecule has 104 valence electrons. The van der Waals surface area contributed by atoms with Gasteiger partial charge in [0, 0.05) is 11.1 Å². The molecule has 0 N–H and O–H groups in total. The first-order valence-electron chi connectivity index (χ1n) is 7.57. The van der Waals surface area contributed by atoms with E-state index in [1.807, 2.05) is 0 Å². The predicted molar refractivity (Wildman–Crippen MR) is 93.5 cm³/mol. The fourth-order valence-electron chi connectivity index (χ4n) is 3.06. The summed E-state index contributed by atoms with van der Waals surface area (Å²) in [5.74, 6) is 0. The molecule has 0 bridgehead atoms. The van der Waals surface area contributed by atoms with Gasteiger partial charge in [-0.2, -0.15) is 0 Å². The van der Waals surface area contributed by atoms with Crippen molar-refractivity contribution in [2.75, 3.05) is 0 Å². The molecular formula is C22H16. The zero-order valence-electron chi connectivity index (χ0n) is 12.5. The maximum Gasteiger partial charge on any atom is 0.0328 e. The van der Waals surface area contributed by atoms with Crippen molar-refractivity contribution in [1.82, 2.24) is 0 Å². The van der Waals surface area contributed by atoms with Gasteiger partial charge in [0.05, 0.1) is 0 Å². The zero-order chi connectivity index (χ0) is 14.9. The Morgan fingerprint density at radius 1 is 0.682 bits per heavy atom. The highest BCUT2D eigenvalue weighted by Crippen LogP contribution is 2.43. The van der Waals surface area contributed by atoms with Crippen LogP contribution in [0.1, 0.15) is 18.1 Å². The highest BCUT2D eigenvalue weighted by Gasteiger charge is 2.22. The summed E-state index contributed by atoms with van der Waals surface area (Å²) in [5, 5.41) is 0. The van der Waals surface area contributed by atoms with Gasteiger partial charge in [-0.25, -0.2) is 0 Å². The van der Waals surface area contributed by atoms with Crippen molar-refractivity contribution in [1.29, 1.82) is 0 Å². The van der Waals surface area contributed by atoms with Crippen LogP contribution in [0.5, 0.6) is 0 Å². The molecule has 0 nitrogen and oxygen atoms in total. The molecule has 0 saturated heterocycles. The van der Waals surface area contributed by atoms with Crippen molar-refractivity contribution in [3.05, 3.63) is 107 Å². The summed E-state index contributed by atoms with van der Waals surface area (Å²) in [7, 11) is 0. The van der Waals surface area contributed by atoms with Crippen molar-refractivity contribution < 1.29 is 0 Å². The maximum absolute atomic E-state index is 3.66. The molecule has 22 heavy (non-hydrogen) atoms. The zero-order valence-corrected chi connectivity index (χ0v) is 12.5. The molecule has 0 heteroatoms. The summed E-state index contributed by atoms with van der Waals surface area (Å²) >= 11 is 0. The van der Waals surface area contributed by atoms with E-state index in [-0.39, 0.29) is 0 Å². The average molecular weight is 280 g/mol. The Balaban J connectivity index is 2.06. The molecule has 0 fully saturated rings. The highest BCUT2D eigenvalue weighted by molar-refractivity contribution is 6.01.